The molecule has 0 unspecified atom stereocenters. The minimum Gasteiger partial charge on any atom is -0.283 e. The first kappa shape index (κ1) is 59.0. The van der Waals surface area contributed by atoms with E-state index in [9.17, 15) is 0 Å². The van der Waals surface area contributed by atoms with Gasteiger partial charge in [0.2, 0.25) is 0 Å². The van der Waals surface area contributed by atoms with Crippen molar-refractivity contribution in [1.82, 2.24) is 91.8 Å². The van der Waals surface area contributed by atoms with Gasteiger partial charge in [-0.05, 0) is 174 Å². The summed E-state index contributed by atoms with van der Waals surface area (Å²) in [6, 6.07) is 0. The van der Waals surface area contributed by atoms with Gasteiger partial charge in [-0.1, -0.05) is 0 Å². The van der Waals surface area contributed by atoms with Crippen LogP contribution in [0.2, 0.25) is 0 Å². The average Bonchev–Trinajstić information content (AvgIpc) is 4.18. The van der Waals surface area contributed by atoms with E-state index in [2.05, 4.69) is 154 Å². The number of rotatable bonds is 9. The van der Waals surface area contributed by atoms with Crippen molar-refractivity contribution in [3.8, 4) is 0 Å². The molecule has 9 aromatic heterocycles. The molecule has 0 aliphatic carbocycles. The molecule has 0 bridgehead atoms. The number of H-pyrrole nitrogens is 9. The largest absolute Gasteiger partial charge is 0.283 e. The Bertz CT molecular complexity index is 2330. The molecule has 0 radical (unpaired) electrons. The Balaban J connectivity index is 0.000000270. The zero-order chi connectivity index (χ0) is 48.0. The Morgan fingerprint density at radius 3 is 0.343 bits per heavy atom. The van der Waals surface area contributed by atoms with Crippen LogP contribution >= 0.6 is 37.2 Å². The second-order valence-corrected chi connectivity index (χ2v) is 17.9. The summed E-state index contributed by atoms with van der Waals surface area (Å²) < 4.78 is 0. The van der Waals surface area contributed by atoms with E-state index in [1.165, 1.54) is 49.2 Å². The van der Waals surface area contributed by atoms with E-state index in [-0.39, 0.29) is 78.4 Å². The molecule has 9 aromatic rings. The molecule has 0 atom stereocenters. The van der Waals surface area contributed by atoms with E-state index in [1.807, 2.05) is 62.3 Å². The van der Waals surface area contributed by atoms with Gasteiger partial charge in [-0.3, -0.25) is 45.9 Å². The molecule has 0 aliphatic heterocycles. The van der Waals surface area contributed by atoms with Crippen molar-refractivity contribution in [3.05, 3.63) is 102 Å². The molecular formula is C45H66B3Cl3N18W. The summed E-state index contributed by atoms with van der Waals surface area (Å²) in [6.45, 7) is 37.2. The molecule has 0 spiro atoms. The van der Waals surface area contributed by atoms with Crippen LogP contribution in [0.1, 0.15) is 102 Å². The number of nitrogens with one attached hydrogen (secondary N) is 9. The zero-order valence-corrected chi connectivity index (χ0v) is 48.8. The molecule has 0 saturated carbocycles. The maximum atomic E-state index is 4.39. The maximum Gasteiger partial charge on any atom is 0.255 e. The molecule has 25 heteroatoms. The Morgan fingerprint density at radius 1 is 0.200 bits per heavy atom. The van der Waals surface area contributed by atoms with Crippen molar-refractivity contribution in [2.75, 3.05) is 0 Å². The summed E-state index contributed by atoms with van der Waals surface area (Å²) in [7, 11) is 0. The van der Waals surface area contributed by atoms with Gasteiger partial charge >= 0.3 is 0 Å². The molecule has 9 heterocycles. The summed E-state index contributed by atoms with van der Waals surface area (Å²) >= 11 is 0. The van der Waals surface area contributed by atoms with Crippen LogP contribution in [-0.4, -0.2) is 112 Å². The monoisotopic (exact) mass is 1180 g/mol. The van der Waals surface area contributed by atoms with Gasteiger partial charge < -0.3 is 0 Å². The molecular weight excluding hydrogens is 1120 g/mol. The number of nitrogens with zero attached hydrogens (tertiary/aromatic N) is 9. The predicted molar refractivity (Wildman–Crippen MR) is 288 cm³/mol. The van der Waals surface area contributed by atoms with Crippen molar-refractivity contribution in [2.24, 2.45) is 0 Å². The first-order valence-electron chi connectivity index (χ1n) is 22.4. The second-order valence-electron chi connectivity index (χ2n) is 17.9. The minimum atomic E-state index is 0. The maximum absolute atomic E-state index is 4.39. The van der Waals surface area contributed by atoms with Crippen LogP contribution < -0.4 is 49.2 Å². The topological polar surface area (TPSA) is 258 Å². The quantitative estimate of drug-likeness (QED) is 0.0957. The molecule has 0 fully saturated rings. The van der Waals surface area contributed by atoms with E-state index in [0.717, 1.165) is 102 Å². The first-order valence-corrected chi connectivity index (χ1v) is 22.4. The summed E-state index contributed by atoms with van der Waals surface area (Å²) in [6.07, 6.45) is 0. The molecule has 9 N–H and O–H groups in total. The van der Waals surface area contributed by atoms with Crippen LogP contribution in [0.15, 0.2) is 0 Å². The summed E-state index contributed by atoms with van der Waals surface area (Å²) in [5, 5.41) is 67.5. The van der Waals surface area contributed by atoms with E-state index in [4.69, 9.17) is 0 Å². The molecule has 372 valence electrons. The zero-order valence-electron chi connectivity index (χ0n) is 43.4. The number of aromatic nitrogens is 18. The predicted octanol–water partition coefficient (Wildman–Crippen LogP) is 1.93. The molecule has 70 heavy (non-hydrogen) atoms. The number of hydrogen-bond acceptors (Lipinski definition) is 9. The number of halogens is 3. The van der Waals surface area contributed by atoms with Crippen LogP contribution in [0.5, 0.6) is 0 Å². The molecule has 0 saturated heterocycles. The fourth-order valence-corrected chi connectivity index (χ4v) is 10.2. The molecule has 18 nitrogen and oxygen atoms in total. The smallest absolute Gasteiger partial charge is 0.255 e. The van der Waals surface area contributed by atoms with E-state index >= 15 is 0 Å². The van der Waals surface area contributed by atoms with Crippen molar-refractivity contribution >= 4 is 107 Å². The van der Waals surface area contributed by atoms with Crippen LogP contribution in [-0.2, 0) is 21.1 Å². The molecule has 0 aliphatic rings. The molecule has 0 amide bonds. The number of aryl methyl sites for hydroxylation is 18. The molecule has 0 aromatic carbocycles. The van der Waals surface area contributed by atoms with Gasteiger partial charge in [0.15, 0.2) is 0 Å². The number of hydrogen-bond donors (Lipinski definition) is 9. The average molecular weight is 1180 g/mol. The first-order chi connectivity index (χ1) is 31.2. The van der Waals surface area contributed by atoms with Crippen LogP contribution in [0.3, 0.4) is 0 Å². The normalized spacial score (nSPS) is 10.5. The van der Waals surface area contributed by atoms with Crippen molar-refractivity contribution in [1.29, 1.82) is 0 Å². The van der Waals surface area contributed by atoms with Crippen LogP contribution in [0.25, 0.3) is 0 Å². The van der Waals surface area contributed by atoms with Gasteiger partial charge in [0.25, 0.3) is 20.1 Å². The van der Waals surface area contributed by atoms with Crippen molar-refractivity contribution in [3.63, 3.8) is 0 Å². The van der Waals surface area contributed by atoms with Gasteiger partial charge in [-0.2, -0.15) is 45.9 Å². The Morgan fingerprint density at radius 2 is 0.286 bits per heavy atom. The van der Waals surface area contributed by atoms with E-state index in [0.29, 0.717) is 0 Å². The number of aromatic amines is 9. The van der Waals surface area contributed by atoms with E-state index < -0.39 is 0 Å². The third kappa shape index (κ3) is 10.9. The summed E-state index contributed by atoms with van der Waals surface area (Å²) in [4.78, 5) is 0. The van der Waals surface area contributed by atoms with Gasteiger partial charge in [0.1, 0.15) is 0 Å². The Labute approximate surface area is 443 Å². The minimum absolute atomic E-state index is 0. The fraction of sp³-hybridized carbons (Fsp3) is 0.400. The third-order valence-electron chi connectivity index (χ3n) is 13.3. The van der Waals surface area contributed by atoms with Crippen LogP contribution in [0, 0.1) is 125 Å². The summed E-state index contributed by atoms with van der Waals surface area (Å²) in [5.74, 6) is 0. The van der Waals surface area contributed by atoms with Crippen molar-refractivity contribution < 1.29 is 21.1 Å². The second kappa shape index (κ2) is 23.7. The van der Waals surface area contributed by atoms with Gasteiger partial charge in [-0.25, -0.2) is 0 Å². The Hall–Kier alpha value is -5.36. The van der Waals surface area contributed by atoms with Gasteiger partial charge in [-0.15, -0.1) is 37.2 Å². The Kier molecular flexibility index (Phi) is 20.0. The SMILES string of the molecule is Cc1n[nH]c(C)c1B(c1c(C)n[nH]c1C)c1c(C)n[nH]c1C.Cc1n[nH]c(C)c1B(c1c(C)n[nH]c1C)c1c(C)n[nH]c1C.Cc1n[nH]c(C)c1B(c1c(C)n[nH]c1C)c1c(C)n[nH]c1C.Cl.Cl.Cl.[W]. The van der Waals surface area contributed by atoms with E-state index in [1.54, 1.807) is 0 Å². The standard InChI is InChI=1S/3C15H21BN6.3ClH.W/c3*1-7-13(8(2)18-17-7)16(14-9(3)19-20-10(14)4)15-11(5)21-22-12(15)6;;;;/h3*1-6H3,(H,17,18)(H,19,20)(H,21,22);3*1H;. The fourth-order valence-electron chi connectivity index (χ4n) is 10.2. The summed E-state index contributed by atoms with van der Waals surface area (Å²) in [5.41, 5.74) is 29.8. The van der Waals surface area contributed by atoms with Gasteiger partial charge in [0.05, 0.1) is 51.2 Å². The van der Waals surface area contributed by atoms with Crippen LogP contribution in [0.4, 0.5) is 0 Å². The third-order valence-corrected chi connectivity index (χ3v) is 13.3. The van der Waals surface area contributed by atoms with Gasteiger partial charge in [0, 0.05) is 72.3 Å². The van der Waals surface area contributed by atoms with Crippen molar-refractivity contribution in [2.45, 2.75) is 125 Å². The molecule has 9 rings (SSSR count).